The highest BCUT2D eigenvalue weighted by Gasteiger charge is 2.15. The number of sulfone groups is 1. The Labute approximate surface area is 108 Å². The van der Waals surface area contributed by atoms with E-state index >= 15 is 0 Å². The Morgan fingerprint density at radius 1 is 1.41 bits per heavy atom. The van der Waals surface area contributed by atoms with E-state index in [0.717, 1.165) is 13.0 Å². The Bertz CT molecular complexity index is 437. The van der Waals surface area contributed by atoms with Crippen LogP contribution in [0.3, 0.4) is 0 Å². The second-order valence-corrected chi connectivity index (χ2v) is 7.95. The van der Waals surface area contributed by atoms with Crippen LogP contribution in [0.1, 0.15) is 35.6 Å². The molecule has 0 bridgehead atoms. The van der Waals surface area contributed by atoms with E-state index in [1.54, 1.807) is 11.3 Å². The molecule has 0 aliphatic rings. The van der Waals surface area contributed by atoms with Crippen molar-refractivity contribution in [1.29, 1.82) is 0 Å². The molecule has 1 aromatic rings. The maximum absolute atomic E-state index is 11.2. The van der Waals surface area contributed by atoms with Crippen LogP contribution >= 0.6 is 11.3 Å². The third-order valence-corrected chi connectivity index (χ3v) is 4.61. The molecule has 1 heterocycles. The summed E-state index contributed by atoms with van der Waals surface area (Å²) in [5.74, 6) is 0.241. The van der Waals surface area contributed by atoms with E-state index in [9.17, 15) is 8.42 Å². The molecule has 0 spiro atoms. The van der Waals surface area contributed by atoms with Gasteiger partial charge in [-0.3, -0.25) is 0 Å². The number of aryl methyl sites for hydroxylation is 1. The molecular formula is C12H21NO2S2. The van der Waals surface area contributed by atoms with Crippen LogP contribution in [-0.2, 0) is 9.84 Å². The molecule has 1 rings (SSSR count). The Morgan fingerprint density at radius 2 is 2.12 bits per heavy atom. The SMILES string of the molecule is CCCNC(CCS(C)(=O)=O)c1ccc(C)s1. The average molecular weight is 275 g/mol. The molecule has 0 aliphatic carbocycles. The fourth-order valence-corrected chi connectivity index (χ4v) is 3.29. The third kappa shape index (κ3) is 5.66. The number of thiophene rings is 1. The highest BCUT2D eigenvalue weighted by molar-refractivity contribution is 7.90. The summed E-state index contributed by atoms with van der Waals surface area (Å²) in [6.07, 6.45) is 3.00. The van der Waals surface area contributed by atoms with Crippen molar-refractivity contribution in [2.24, 2.45) is 0 Å². The Balaban J connectivity index is 2.67. The predicted molar refractivity (Wildman–Crippen MR) is 74.4 cm³/mol. The molecule has 0 aromatic carbocycles. The molecule has 0 fully saturated rings. The predicted octanol–water partition coefficient (Wildman–Crippen LogP) is 2.53. The molecule has 3 nitrogen and oxygen atoms in total. The van der Waals surface area contributed by atoms with Crippen molar-refractivity contribution in [3.63, 3.8) is 0 Å². The molecular weight excluding hydrogens is 254 g/mol. The third-order valence-electron chi connectivity index (χ3n) is 2.52. The smallest absolute Gasteiger partial charge is 0.147 e. The van der Waals surface area contributed by atoms with Crippen molar-refractivity contribution >= 4 is 21.2 Å². The Hall–Kier alpha value is -0.390. The summed E-state index contributed by atoms with van der Waals surface area (Å²) < 4.78 is 22.4. The van der Waals surface area contributed by atoms with Gasteiger partial charge in [0.2, 0.25) is 0 Å². The Kier molecular flexibility index (Phi) is 5.62. The van der Waals surface area contributed by atoms with Crippen LogP contribution in [0.2, 0.25) is 0 Å². The summed E-state index contributed by atoms with van der Waals surface area (Å²) in [6.45, 7) is 5.10. The molecule has 1 N–H and O–H groups in total. The van der Waals surface area contributed by atoms with Crippen molar-refractivity contribution in [1.82, 2.24) is 5.32 Å². The van der Waals surface area contributed by atoms with Gasteiger partial charge in [-0.1, -0.05) is 6.92 Å². The lowest BCUT2D eigenvalue weighted by Gasteiger charge is -2.16. The van der Waals surface area contributed by atoms with Gasteiger partial charge in [-0.2, -0.15) is 0 Å². The summed E-state index contributed by atoms with van der Waals surface area (Å²) in [6, 6.07) is 4.35. The van der Waals surface area contributed by atoms with Gasteiger partial charge in [0.25, 0.3) is 0 Å². The molecule has 0 radical (unpaired) electrons. The summed E-state index contributed by atoms with van der Waals surface area (Å²) in [7, 11) is -2.88. The molecule has 0 saturated heterocycles. The minimum Gasteiger partial charge on any atom is -0.309 e. The van der Waals surface area contributed by atoms with Crippen LogP contribution in [0.4, 0.5) is 0 Å². The molecule has 1 aromatic heterocycles. The van der Waals surface area contributed by atoms with Crippen molar-refractivity contribution in [3.05, 3.63) is 21.9 Å². The fraction of sp³-hybridized carbons (Fsp3) is 0.667. The number of nitrogens with one attached hydrogen (secondary N) is 1. The average Bonchev–Trinajstić information content (AvgIpc) is 2.63. The van der Waals surface area contributed by atoms with E-state index in [1.807, 2.05) is 0 Å². The van der Waals surface area contributed by atoms with Crippen molar-refractivity contribution in [2.45, 2.75) is 32.7 Å². The quantitative estimate of drug-likeness (QED) is 0.832. The van der Waals surface area contributed by atoms with E-state index in [1.165, 1.54) is 16.0 Å². The van der Waals surface area contributed by atoms with Gasteiger partial charge in [0.05, 0.1) is 5.75 Å². The largest absolute Gasteiger partial charge is 0.309 e. The van der Waals surface area contributed by atoms with E-state index in [4.69, 9.17) is 0 Å². The van der Waals surface area contributed by atoms with Gasteiger partial charge in [0.1, 0.15) is 9.84 Å². The first-order valence-corrected chi connectivity index (χ1v) is 8.77. The molecule has 17 heavy (non-hydrogen) atoms. The lowest BCUT2D eigenvalue weighted by molar-refractivity contribution is 0.520. The van der Waals surface area contributed by atoms with E-state index in [0.29, 0.717) is 6.42 Å². The highest BCUT2D eigenvalue weighted by atomic mass is 32.2. The van der Waals surface area contributed by atoms with Gasteiger partial charge in [0.15, 0.2) is 0 Å². The van der Waals surface area contributed by atoms with Crippen molar-refractivity contribution < 1.29 is 8.42 Å². The van der Waals surface area contributed by atoms with Crippen LogP contribution in [0.15, 0.2) is 12.1 Å². The van der Waals surface area contributed by atoms with Crippen molar-refractivity contribution in [3.8, 4) is 0 Å². The second-order valence-electron chi connectivity index (χ2n) is 4.37. The summed E-state index contributed by atoms with van der Waals surface area (Å²) in [5.41, 5.74) is 0. The van der Waals surface area contributed by atoms with Gasteiger partial charge in [-0.25, -0.2) is 8.42 Å². The van der Waals surface area contributed by atoms with E-state index in [-0.39, 0.29) is 11.8 Å². The normalized spacial score (nSPS) is 13.8. The van der Waals surface area contributed by atoms with Gasteiger partial charge in [0, 0.05) is 22.1 Å². The minimum absolute atomic E-state index is 0.170. The van der Waals surface area contributed by atoms with Crippen LogP contribution in [0, 0.1) is 6.92 Å². The first-order valence-electron chi connectivity index (χ1n) is 5.90. The van der Waals surface area contributed by atoms with Gasteiger partial charge < -0.3 is 5.32 Å². The first-order chi connectivity index (χ1) is 7.92. The van der Waals surface area contributed by atoms with E-state index in [2.05, 4.69) is 31.3 Å². The molecule has 1 atom stereocenters. The summed E-state index contributed by atoms with van der Waals surface area (Å²) in [4.78, 5) is 2.50. The topological polar surface area (TPSA) is 46.2 Å². The van der Waals surface area contributed by atoms with Crippen LogP contribution in [0.25, 0.3) is 0 Å². The summed E-state index contributed by atoms with van der Waals surface area (Å²) in [5, 5.41) is 3.42. The molecule has 1 unspecified atom stereocenters. The van der Waals surface area contributed by atoms with E-state index < -0.39 is 9.84 Å². The highest BCUT2D eigenvalue weighted by Crippen LogP contribution is 2.25. The number of hydrogen-bond donors (Lipinski definition) is 1. The molecule has 0 aliphatic heterocycles. The zero-order valence-corrected chi connectivity index (χ0v) is 12.3. The fourth-order valence-electron chi connectivity index (χ4n) is 1.64. The van der Waals surface area contributed by atoms with Crippen LogP contribution in [0.5, 0.6) is 0 Å². The van der Waals surface area contributed by atoms with Crippen LogP contribution in [-0.4, -0.2) is 27.0 Å². The molecule has 5 heteroatoms. The maximum Gasteiger partial charge on any atom is 0.147 e. The van der Waals surface area contributed by atoms with Crippen molar-refractivity contribution in [2.75, 3.05) is 18.6 Å². The molecule has 0 amide bonds. The lowest BCUT2D eigenvalue weighted by atomic mass is 10.2. The van der Waals surface area contributed by atoms with Gasteiger partial charge >= 0.3 is 0 Å². The molecule has 0 saturated carbocycles. The van der Waals surface area contributed by atoms with Gasteiger partial charge in [-0.05, 0) is 38.4 Å². The number of rotatable bonds is 7. The zero-order valence-electron chi connectivity index (χ0n) is 10.7. The number of hydrogen-bond acceptors (Lipinski definition) is 4. The maximum atomic E-state index is 11.2. The second kappa shape index (κ2) is 6.52. The monoisotopic (exact) mass is 275 g/mol. The molecule has 98 valence electrons. The summed E-state index contributed by atoms with van der Waals surface area (Å²) >= 11 is 1.74. The first kappa shape index (κ1) is 14.7. The minimum atomic E-state index is -2.88. The van der Waals surface area contributed by atoms with Gasteiger partial charge in [-0.15, -0.1) is 11.3 Å². The standard InChI is InChI=1S/C12H21NO2S2/c1-4-8-13-11(7-9-17(3,14)15)12-6-5-10(2)16-12/h5-6,11,13H,4,7-9H2,1-3H3. The lowest BCUT2D eigenvalue weighted by Crippen LogP contribution is -2.23. The zero-order chi connectivity index (χ0) is 12.9. The van der Waals surface area contributed by atoms with Crippen LogP contribution < -0.4 is 5.32 Å². The Morgan fingerprint density at radius 3 is 2.59 bits per heavy atom.